The van der Waals surface area contributed by atoms with Gasteiger partial charge in [-0.05, 0) is 12.1 Å². The number of likely N-dealkylation sites (N-methyl/N-ethyl adjacent to an activating group) is 1. The zero-order valence-corrected chi connectivity index (χ0v) is 12.3. The number of ether oxygens (including phenoxy) is 1. The largest absolute Gasteiger partial charge is 0.481 e. The van der Waals surface area contributed by atoms with Gasteiger partial charge in [0.1, 0.15) is 11.7 Å². The summed E-state index contributed by atoms with van der Waals surface area (Å²) >= 11 is 0. The third-order valence-corrected chi connectivity index (χ3v) is 3.63. The van der Waals surface area contributed by atoms with Crippen LogP contribution in [0.1, 0.15) is 10.4 Å². The Morgan fingerprint density at radius 1 is 1.29 bits per heavy atom. The van der Waals surface area contributed by atoms with Crippen LogP contribution in [0, 0.1) is 5.92 Å². The molecule has 0 spiro atoms. The summed E-state index contributed by atoms with van der Waals surface area (Å²) in [5, 5.41) is 9.18. The Balaban J connectivity index is 2.15. The molecule has 0 saturated carbocycles. The van der Waals surface area contributed by atoms with Gasteiger partial charge in [0.2, 0.25) is 0 Å². The lowest BCUT2D eigenvalue weighted by Gasteiger charge is -2.27. The summed E-state index contributed by atoms with van der Waals surface area (Å²) < 4.78 is 5.26. The molecule has 21 heavy (non-hydrogen) atoms. The lowest BCUT2D eigenvalue weighted by atomic mass is 10.0. The van der Waals surface area contributed by atoms with Gasteiger partial charge >= 0.3 is 5.97 Å². The highest BCUT2D eigenvalue weighted by atomic mass is 16.5. The molecule has 1 saturated heterocycles. The molecule has 0 aromatic carbocycles. The van der Waals surface area contributed by atoms with Crippen LogP contribution in [0.25, 0.3) is 0 Å². The molecule has 2 atom stereocenters. The van der Waals surface area contributed by atoms with Gasteiger partial charge in [-0.1, -0.05) is 0 Å². The number of pyridine rings is 1. The van der Waals surface area contributed by atoms with Gasteiger partial charge in [-0.2, -0.15) is 0 Å². The van der Waals surface area contributed by atoms with Crippen molar-refractivity contribution in [3.05, 3.63) is 23.9 Å². The number of aliphatic carboxylic acids is 1. The van der Waals surface area contributed by atoms with E-state index in [0.717, 1.165) is 0 Å². The first-order valence-corrected chi connectivity index (χ1v) is 6.63. The number of carboxylic acid groups (broad SMARTS) is 1. The van der Waals surface area contributed by atoms with Crippen molar-refractivity contribution in [3.63, 3.8) is 0 Å². The minimum Gasteiger partial charge on any atom is -0.481 e. The van der Waals surface area contributed by atoms with E-state index in [1.54, 1.807) is 38.2 Å². The van der Waals surface area contributed by atoms with Crippen LogP contribution in [-0.2, 0) is 9.53 Å². The summed E-state index contributed by atoms with van der Waals surface area (Å²) in [6.45, 7) is 0.565. The van der Waals surface area contributed by atoms with Gasteiger partial charge < -0.3 is 19.6 Å². The molecule has 1 aliphatic heterocycles. The maximum Gasteiger partial charge on any atom is 0.311 e. The number of aromatic nitrogens is 1. The predicted molar refractivity (Wildman–Crippen MR) is 76.4 cm³/mol. The molecule has 7 heteroatoms. The van der Waals surface area contributed by atoms with Gasteiger partial charge in [-0.3, -0.25) is 9.59 Å². The Morgan fingerprint density at radius 2 is 2.00 bits per heavy atom. The molecular formula is C14H19N3O4. The number of hydrogen-bond donors (Lipinski definition) is 1. The second kappa shape index (κ2) is 6.09. The second-order valence-corrected chi connectivity index (χ2v) is 5.27. The first-order valence-electron chi connectivity index (χ1n) is 6.63. The van der Waals surface area contributed by atoms with Crippen molar-refractivity contribution >= 4 is 17.7 Å². The highest BCUT2D eigenvalue weighted by Crippen LogP contribution is 2.23. The van der Waals surface area contributed by atoms with Crippen LogP contribution in [0.5, 0.6) is 0 Å². The van der Waals surface area contributed by atoms with E-state index in [9.17, 15) is 14.7 Å². The van der Waals surface area contributed by atoms with Gasteiger partial charge in [0.15, 0.2) is 0 Å². The molecule has 1 N–H and O–H groups in total. The number of amides is 1. The first kappa shape index (κ1) is 15.2. The van der Waals surface area contributed by atoms with Gasteiger partial charge in [-0.25, -0.2) is 4.98 Å². The van der Waals surface area contributed by atoms with Gasteiger partial charge in [0.05, 0.1) is 24.8 Å². The van der Waals surface area contributed by atoms with Gasteiger partial charge in [0, 0.05) is 27.3 Å². The maximum atomic E-state index is 11.8. The summed E-state index contributed by atoms with van der Waals surface area (Å²) in [7, 11) is 5.14. The Labute approximate surface area is 123 Å². The molecule has 2 unspecified atom stereocenters. The molecule has 2 rings (SSSR count). The molecule has 0 aliphatic carbocycles. The summed E-state index contributed by atoms with van der Waals surface area (Å²) in [5.41, 5.74) is 0.495. The van der Waals surface area contributed by atoms with Crippen molar-refractivity contribution in [2.75, 3.05) is 39.3 Å². The molecule has 0 radical (unpaired) electrons. The number of carbonyl (C=O) groups excluding carboxylic acids is 1. The monoisotopic (exact) mass is 293 g/mol. The molecule has 1 amide bonds. The van der Waals surface area contributed by atoms with E-state index in [1.807, 2.05) is 0 Å². The van der Waals surface area contributed by atoms with Crippen molar-refractivity contribution in [2.45, 2.75) is 6.04 Å². The number of rotatable bonds is 4. The Bertz CT molecular complexity index is 530. The number of hydrogen-bond acceptors (Lipinski definition) is 5. The minimum absolute atomic E-state index is 0.121. The molecule has 1 fully saturated rings. The fourth-order valence-electron chi connectivity index (χ4n) is 2.31. The van der Waals surface area contributed by atoms with Crippen LogP contribution in [0.2, 0.25) is 0 Å². The normalized spacial score (nSPS) is 21.1. The average molecular weight is 293 g/mol. The smallest absolute Gasteiger partial charge is 0.311 e. The van der Waals surface area contributed by atoms with Crippen LogP contribution in [0.15, 0.2) is 18.3 Å². The third-order valence-electron chi connectivity index (χ3n) is 3.63. The number of nitrogens with zero attached hydrogens (tertiary/aromatic N) is 3. The molecule has 1 aliphatic rings. The van der Waals surface area contributed by atoms with Gasteiger partial charge in [0.25, 0.3) is 5.91 Å². The third kappa shape index (κ3) is 3.13. The quantitative estimate of drug-likeness (QED) is 0.861. The molecule has 2 heterocycles. The van der Waals surface area contributed by atoms with E-state index < -0.39 is 11.9 Å². The molecule has 1 aromatic rings. The van der Waals surface area contributed by atoms with Crippen LogP contribution >= 0.6 is 0 Å². The predicted octanol–water partition coefficient (Wildman–Crippen LogP) is 0.319. The Hall–Kier alpha value is -2.15. The minimum atomic E-state index is -0.872. The first-order chi connectivity index (χ1) is 9.91. The molecule has 0 bridgehead atoms. The van der Waals surface area contributed by atoms with E-state index in [4.69, 9.17) is 4.74 Å². The van der Waals surface area contributed by atoms with Crippen molar-refractivity contribution < 1.29 is 19.4 Å². The van der Waals surface area contributed by atoms with Gasteiger partial charge in [-0.15, -0.1) is 0 Å². The topological polar surface area (TPSA) is 83.0 Å². The molecular weight excluding hydrogens is 274 g/mol. The van der Waals surface area contributed by atoms with E-state index >= 15 is 0 Å². The van der Waals surface area contributed by atoms with E-state index in [-0.39, 0.29) is 18.6 Å². The summed E-state index contributed by atoms with van der Waals surface area (Å²) in [4.78, 5) is 30.5. The molecule has 1 aromatic heterocycles. The Morgan fingerprint density at radius 3 is 2.52 bits per heavy atom. The van der Waals surface area contributed by atoms with Crippen LogP contribution in [0.4, 0.5) is 5.82 Å². The lowest BCUT2D eigenvalue weighted by Crippen LogP contribution is -2.41. The molecule has 7 nitrogen and oxygen atoms in total. The summed E-state index contributed by atoms with van der Waals surface area (Å²) in [5.74, 6) is -0.944. The van der Waals surface area contributed by atoms with Crippen LogP contribution in [0.3, 0.4) is 0 Å². The highest BCUT2D eigenvalue weighted by Gasteiger charge is 2.37. The summed E-state index contributed by atoms with van der Waals surface area (Å²) in [6, 6.07) is 3.14. The second-order valence-electron chi connectivity index (χ2n) is 5.27. The summed E-state index contributed by atoms with van der Waals surface area (Å²) in [6.07, 6.45) is 1.50. The van der Waals surface area contributed by atoms with Crippen molar-refractivity contribution in [2.24, 2.45) is 5.92 Å². The highest BCUT2D eigenvalue weighted by molar-refractivity contribution is 5.93. The van der Waals surface area contributed by atoms with Crippen molar-refractivity contribution in [1.29, 1.82) is 0 Å². The van der Waals surface area contributed by atoms with Crippen molar-refractivity contribution in [3.8, 4) is 0 Å². The fraction of sp³-hybridized carbons (Fsp3) is 0.500. The number of anilines is 1. The van der Waals surface area contributed by atoms with Crippen LogP contribution < -0.4 is 4.90 Å². The fourth-order valence-corrected chi connectivity index (χ4v) is 2.31. The van der Waals surface area contributed by atoms with E-state index in [2.05, 4.69) is 4.98 Å². The SMILES string of the molecule is CN(C)C(=O)c1ccc(N(C)C2COCC2C(=O)O)nc1. The number of carbonyl (C=O) groups is 2. The average Bonchev–Trinajstić information content (AvgIpc) is 2.95. The van der Waals surface area contributed by atoms with Crippen molar-refractivity contribution in [1.82, 2.24) is 9.88 Å². The zero-order valence-electron chi connectivity index (χ0n) is 12.3. The maximum absolute atomic E-state index is 11.8. The molecule has 114 valence electrons. The van der Waals surface area contributed by atoms with E-state index in [1.165, 1.54) is 11.1 Å². The van der Waals surface area contributed by atoms with Crippen LogP contribution in [-0.4, -0.2) is 67.3 Å². The number of carboxylic acids is 1. The standard InChI is InChI=1S/C14H19N3O4/c1-16(2)13(18)9-4-5-12(15-6-9)17(3)11-8-21-7-10(11)14(19)20/h4-6,10-11H,7-8H2,1-3H3,(H,19,20). The van der Waals surface area contributed by atoms with E-state index in [0.29, 0.717) is 18.0 Å². The zero-order chi connectivity index (χ0) is 15.6. The lowest BCUT2D eigenvalue weighted by molar-refractivity contribution is -0.141. The Kier molecular flexibility index (Phi) is 4.42.